The number of hydrogen-bond acceptors (Lipinski definition) is 5. The molecular formula is C30H29ClN4O4. The summed E-state index contributed by atoms with van der Waals surface area (Å²) >= 11 is 6.08. The fraction of sp³-hybridized carbons (Fsp3) is 0.233. The van der Waals surface area contributed by atoms with Gasteiger partial charge in [0.05, 0.1) is 12.3 Å². The van der Waals surface area contributed by atoms with E-state index >= 15 is 0 Å². The lowest BCUT2D eigenvalue weighted by Crippen LogP contribution is -2.38. The Bertz CT molecular complexity index is 1450. The molecule has 3 atom stereocenters. The van der Waals surface area contributed by atoms with Crippen LogP contribution in [0.25, 0.3) is 11.3 Å². The van der Waals surface area contributed by atoms with Crippen molar-refractivity contribution in [3.63, 3.8) is 0 Å². The van der Waals surface area contributed by atoms with Crippen LogP contribution in [-0.4, -0.2) is 45.1 Å². The first-order valence-corrected chi connectivity index (χ1v) is 13.1. The van der Waals surface area contributed by atoms with Gasteiger partial charge in [0.1, 0.15) is 30.3 Å². The first-order valence-electron chi connectivity index (χ1n) is 12.7. The lowest BCUT2D eigenvalue weighted by Gasteiger charge is -2.29. The summed E-state index contributed by atoms with van der Waals surface area (Å²) in [5, 5.41) is 12.5. The molecule has 1 aromatic heterocycles. The molecule has 2 heterocycles. The molecule has 1 aliphatic rings. The van der Waals surface area contributed by atoms with E-state index in [9.17, 15) is 9.59 Å². The number of carbonyl (C=O) groups excluding carboxylic acids is 2. The van der Waals surface area contributed by atoms with Gasteiger partial charge in [0.25, 0.3) is 5.91 Å². The molecule has 8 nitrogen and oxygen atoms in total. The number of imide groups is 1. The predicted molar refractivity (Wildman–Crippen MR) is 149 cm³/mol. The molecule has 1 aliphatic heterocycles. The molecule has 3 aromatic carbocycles. The molecule has 9 heteroatoms. The number of nitrogens with one attached hydrogen (secondary N) is 2. The van der Waals surface area contributed by atoms with Gasteiger partial charge in [-0.05, 0) is 42.3 Å². The summed E-state index contributed by atoms with van der Waals surface area (Å²) in [6, 6.07) is 22.0. The number of urea groups is 1. The van der Waals surface area contributed by atoms with Crippen LogP contribution in [0.1, 0.15) is 47.6 Å². The van der Waals surface area contributed by atoms with E-state index in [1.165, 1.54) is 4.90 Å². The first-order chi connectivity index (χ1) is 18.9. The van der Waals surface area contributed by atoms with E-state index in [0.717, 1.165) is 22.5 Å². The number of amides is 3. The zero-order valence-corrected chi connectivity index (χ0v) is 22.4. The minimum atomic E-state index is -0.846. The van der Waals surface area contributed by atoms with Crippen molar-refractivity contribution in [1.82, 2.24) is 20.2 Å². The summed E-state index contributed by atoms with van der Waals surface area (Å²) in [6.07, 6.45) is 0. The van der Waals surface area contributed by atoms with Crippen molar-refractivity contribution in [2.45, 2.75) is 31.8 Å². The highest BCUT2D eigenvalue weighted by molar-refractivity contribution is 6.30. The molecule has 5 rings (SSSR count). The molecular weight excluding hydrogens is 516 g/mol. The number of aliphatic hydroxyl groups is 1. The van der Waals surface area contributed by atoms with Crippen LogP contribution in [0.3, 0.4) is 0 Å². The Morgan fingerprint density at radius 1 is 1.03 bits per heavy atom. The molecule has 1 saturated heterocycles. The molecule has 0 radical (unpaired) electrons. The van der Waals surface area contributed by atoms with Crippen molar-refractivity contribution in [2.75, 3.05) is 13.2 Å². The Morgan fingerprint density at radius 2 is 1.72 bits per heavy atom. The number of hydrogen-bond donors (Lipinski definition) is 3. The number of nitrogens with zero attached hydrogens (tertiary/aromatic N) is 2. The van der Waals surface area contributed by atoms with Crippen LogP contribution in [0, 0.1) is 6.92 Å². The Labute approximate surface area is 231 Å². The van der Waals surface area contributed by atoms with Gasteiger partial charge in [-0.1, -0.05) is 73.1 Å². The van der Waals surface area contributed by atoms with Crippen molar-refractivity contribution in [2.24, 2.45) is 0 Å². The van der Waals surface area contributed by atoms with E-state index in [2.05, 4.69) is 10.3 Å². The minimum Gasteiger partial charge on any atom is -0.491 e. The summed E-state index contributed by atoms with van der Waals surface area (Å²) < 4.78 is 5.42. The zero-order valence-electron chi connectivity index (χ0n) is 21.6. The van der Waals surface area contributed by atoms with Gasteiger partial charge in [0, 0.05) is 22.2 Å². The molecule has 4 aromatic rings. The number of aromatic nitrogens is 2. The Balaban J connectivity index is 1.51. The molecule has 3 N–H and O–H groups in total. The van der Waals surface area contributed by atoms with E-state index in [1.807, 2.05) is 56.3 Å². The van der Waals surface area contributed by atoms with Crippen LogP contribution < -0.4 is 10.1 Å². The minimum absolute atomic E-state index is 0.0964. The van der Waals surface area contributed by atoms with Crippen LogP contribution in [-0.2, 0) is 4.79 Å². The summed E-state index contributed by atoms with van der Waals surface area (Å²) in [7, 11) is 0. The van der Waals surface area contributed by atoms with Crippen molar-refractivity contribution >= 4 is 23.5 Å². The number of benzene rings is 3. The van der Waals surface area contributed by atoms with Crippen LogP contribution in [0.15, 0.2) is 78.9 Å². The maximum Gasteiger partial charge on any atom is 0.325 e. The lowest BCUT2D eigenvalue weighted by atomic mass is 9.91. The average Bonchev–Trinajstić information content (AvgIpc) is 3.48. The second-order valence-electron chi connectivity index (χ2n) is 9.48. The molecule has 1 fully saturated rings. The topological polar surface area (TPSA) is 108 Å². The SMILES string of the molecule is Cc1[nH]c([C@H]([C@@H](C)c2ccccc2)N2C(=O)NC(c3ccc(OCCO)cc3)C2=O)nc1-c1ccc(Cl)cc1. The number of ether oxygens (including phenoxy) is 1. The largest absolute Gasteiger partial charge is 0.491 e. The van der Waals surface area contributed by atoms with Crippen molar-refractivity contribution in [3.8, 4) is 17.0 Å². The van der Waals surface area contributed by atoms with Gasteiger partial charge in [-0.2, -0.15) is 0 Å². The summed E-state index contributed by atoms with van der Waals surface area (Å²) in [4.78, 5) is 36.8. The summed E-state index contributed by atoms with van der Waals surface area (Å²) in [5.41, 5.74) is 4.03. The smallest absolute Gasteiger partial charge is 0.325 e. The lowest BCUT2D eigenvalue weighted by molar-refractivity contribution is -0.129. The molecule has 0 aliphatic carbocycles. The maximum absolute atomic E-state index is 13.8. The average molecular weight is 545 g/mol. The van der Waals surface area contributed by atoms with Crippen LogP contribution >= 0.6 is 11.6 Å². The number of aromatic amines is 1. The molecule has 39 heavy (non-hydrogen) atoms. The van der Waals surface area contributed by atoms with Gasteiger partial charge in [-0.25, -0.2) is 9.78 Å². The second kappa shape index (κ2) is 11.3. The Kier molecular flexibility index (Phi) is 7.67. The highest BCUT2D eigenvalue weighted by Gasteiger charge is 2.46. The van der Waals surface area contributed by atoms with Crippen molar-refractivity contribution in [1.29, 1.82) is 0 Å². The van der Waals surface area contributed by atoms with Crippen LogP contribution in [0.2, 0.25) is 5.02 Å². The van der Waals surface area contributed by atoms with Gasteiger partial charge in [-0.3, -0.25) is 9.69 Å². The number of H-pyrrole nitrogens is 1. The third-order valence-corrected chi connectivity index (χ3v) is 7.17. The van der Waals surface area contributed by atoms with E-state index in [1.54, 1.807) is 36.4 Å². The maximum atomic E-state index is 13.8. The van der Waals surface area contributed by atoms with Crippen molar-refractivity contribution in [3.05, 3.63) is 107 Å². The summed E-state index contributed by atoms with van der Waals surface area (Å²) in [6.45, 7) is 3.98. The number of halogens is 1. The van der Waals surface area contributed by atoms with Gasteiger partial charge in [-0.15, -0.1) is 0 Å². The highest BCUT2D eigenvalue weighted by Crippen LogP contribution is 2.40. The number of aliphatic hydroxyl groups excluding tert-OH is 1. The molecule has 0 spiro atoms. The molecule has 3 amide bonds. The Morgan fingerprint density at radius 3 is 2.38 bits per heavy atom. The fourth-order valence-corrected chi connectivity index (χ4v) is 5.06. The fourth-order valence-electron chi connectivity index (χ4n) is 4.94. The molecule has 0 bridgehead atoms. The summed E-state index contributed by atoms with van der Waals surface area (Å²) in [5.74, 6) is 0.472. The normalized spacial score (nSPS) is 16.7. The molecule has 200 valence electrons. The van der Waals surface area contributed by atoms with Crippen LogP contribution in [0.4, 0.5) is 4.79 Å². The predicted octanol–water partition coefficient (Wildman–Crippen LogP) is 5.55. The number of carbonyl (C=O) groups is 2. The van der Waals surface area contributed by atoms with Crippen LogP contribution in [0.5, 0.6) is 5.75 Å². The van der Waals surface area contributed by atoms with Gasteiger partial charge >= 0.3 is 6.03 Å². The third kappa shape index (κ3) is 5.39. The standard InChI is InChI=1S/C30H29ClN4O4/c1-18(20-6-4-3-5-7-20)27(28-32-19(2)25(33-28)21-8-12-23(31)13-9-21)35-29(37)26(34-30(35)38)22-10-14-24(15-11-22)39-17-16-36/h3-15,18,26-27,36H,16-17H2,1-2H3,(H,32,33)(H,34,38)/t18-,26?,27-/m0/s1. The monoisotopic (exact) mass is 544 g/mol. The number of imidazole rings is 1. The highest BCUT2D eigenvalue weighted by atomic mass is 35.5. The number of rotatable bonds is 9. The quantitative estimate of drug-likeness (QED) is 0.240. The van der Waals surface area contributed by atoms with Gasteiger partial charge in [0.15, 0.2) is 0 Å². The van der Waals surface area contributed by atoms with E-state index in [4.69, 9.17) is 26.4 Å². The zero-order chi connectivity index (χ0) is 27.5. The van der Waals surface area contributed by atoms with Gasteiger partial charge < -0.3 is 20.1 Å². The molecule has 1 unspecified atom stereocenters. The first kappa shape index (κ1) is 26.5. The number of aryl methyl sites for hydroxylation is 1. The van der Waals surface area contributed by atoms with E-state index in [-0.39, 0.29) is 25.0 Å². The van der Waals surface area contributed by atoms with Gasteiger partial charge in [0.2, 0.25) is 0 Å². The second-order valence-corrected chi connectivity index (χ2v) is 9.92. The van der Waals surface area contributed by atoms with E-state index < -0.39 is 18.1 Å². The van der Waals surface area contributed by atoms with Crippen molar-refractivity contribution < 1.29 is 19.4 Å². The third-order valence-electron chi connectivity index (χ3n) is 6.92. The van der Waals surface area contributed by atoms with E-state index in [0.29, 0.717) is 22.2 Å². The molecule has 0 saturated carbocycles. The Hall–Kier alpha value is -4.14.